The van der Waals surface area contributed by atoms with Gasteiger partial charge in [0.15, 0.2) is 11.6 Å². The second-order valence-electron chi connectivity index (χ2n) is 5.06. The summed E-state index contributed by atoms with van der Waals surface area (Å²) in [6, 6.07) is 9.68. The van der Waals surface area contributed by atoms with Crippen LogP contribution in [0.3, 0.4) is 0 Å². The lowest BCUT2D eigenvalue weighted by atomic mass is 9.79. The van der Waals surface area contributed by atoms with Crippen LogP contribution in [0.25, 0.3) is 0 Å². The average Bonchev–Trinajstić information content (AvgIpc) is 2.47. The third-order valence-corrected chi connectivity index (χ3v) is 3.49. The fraction of sp³-hybridized carbons (Fsp3) is 0.294. The van der Waals surface area contributed by atoms with Gasteiger partial charge in [-0.3, -0.25) is 19.9 Å². The molecule has 0 bridgehead atoms. The third kappa shape index (κ3) is 3.67. The first-order chi connectivity index (χ1) is 10.1. The Morgan fingerprint density at radius 3 is 2.48 bits per heavy atom. The van der Waals surface area contributed by atoms with Crippen molar-refractivity contribution in [2.75, 3.05) is 6.61 Å². The monoisotopic (exact) mass is 285 g/mol. The number of hydroxylamine groups is 1. The van der Waals surface area contributed by atoms with Crippen molar-refractivity contribution in [2.45, 2.75) is 25.7 Å². The Bertz CT molecular complexity index is 555. The summed E-state index contributed by atoms with van der Waals surface area (Å²) in [4.78, 5) is 29.6. The van der Waals surface area contributed by atoms with Crippen LogP contribution in [0.1, 0.15) is 31.2 Å². The highest BCUT2D eigenvalue weighted by atomic mass is 16.6. The van der Waals surface area contributed by atoms with E-state index in [1.165, 1.54) is 0 Å². The highest BCUT2D eigenvalue weighted by molar-refractivity contribution is 6.22. The highest BCUT2D eigenvalue weighted by Crippen LogP contribution is 2.32. The summed E-state index contributed by atoms with van der Waals surface area (Å²) in [6.45, 7) is 5.51. The average molecular weight is 285 g/mol. The molecule has 0 amide bonds. The van der Waals surface area contributed by atoms with E-state index in [-0.39, 0.29) is 23.1 Å². The zero-order valence-electron chi connectivity index (χ0n) is 12.1. The van der Waals surface area contributed by atoms with Gasteiger partial charge in [-0.05, 0) is 18.4 Å². The Kier molecular flexibility index (Phi) is 5.06. The molecule has 4 nitrogen and oxygen atoms in total. The smallest absolute Gasteiger partial charge is 0.168 e. The van der Waals surface area contributed by atoms with Gasteiger partial charge < -0.3 is 0 Å². The van der Waals surface area contributed by atoms with Crippen molar-refractivity contribution >= 4 is 11.6 Å². The van der Waals surface area contributed by atoms with E-state index in [4.69, 9.17) is 4.84 Å². The number of rotatable bonds is 5. The van der Waals surface area contributed by atoms with Gasteiger partial charge in [0, 0.05) is 18.5 Å². The van der Waals surface area contributed by atoms with Crippen LogP contribution >= 0.6 is 0 Å². The van der Waals surface area contributed by atoms with Gasteiger partial charge in [-0.1, -0.05) is 36.4 Å². The van der Waals surface area contributed by atoms with E-state index in [9.17, 15) is 9.59 Å². The molecule has 0 atom stereocenters. The van der Waals surface area contributed by atoms with Gasteiger partial charge in [-0.25, -0.2) is 0 Å². The molecule has 1 aromatic carbocycles. The molecular weight excluding hydrogens is 266 g/mol. The molecule has 21 heavy (non-hydrogen) atoms. The van der Waals surface area contributed by atoms with Crippen LogP contribution in [0, 0.1) is 0 Å². The third-order valence-electron chi connectivity index (χ3n) is 3.49. The zero-order valence-corrected chi connectivity index (χ0v) is 12.1. The predicted molar refractivity (Wildman–Crippen MR) is 80.4 cm³/mol. The van der Waals surface area contributed by atoms with E-state index in [2.05, 4.69) is 12.1 Å². The molecule has 0 unspecified atom stereocenters. The van der Waals surface area contributed by atoms with Crippen LogP contribution in [0.5, 0.6) is 0 Å². The maximum Gasteiger partial charge on any atom is 0.168 e. The Morgan fingerprint density at radius 2 is 1.90 bits per heavy atom. The van der Waals surface area contributed by atoms with Crippen molar-refractivity contribution in [3.05, 3.63) is 59.8 Å². The molecule has 0 saturated heterocycles. The summed E-state index contributed by atoms with van der Waals surface area (Å²) >= 11 is 0. The quantitative estimate of drug-likeness (QED) is 0.297. The number of nitrogens with one attached hydrogen (secondary N) is 1. The minimum Gasteiger partial charge on any atom is -0.294 e. The summed E-state index contributed by atoms with van der Waals surface area (Å²) in [5.41, 5.74) is 4.37. The lowest BCUT2D eigenvalue weighted by Crippen LogP contribution is -2.29. The van der Waals surface area contributed by atoms with Crippen LogP contribution in [-0.4, -0.2) is 18.2 Å². The van der Waals surface area contributed by atoms with Gasteiger partial charge in [0.05, 0.1) is 12.2 Å². The minimum absolute atomic E-state index is 0.0307. The topological polar surface area (TPSA) is 55.4 Å². The summed E-state index contributed by atoms with van der Waals surface area (Å²) in [7, 11) is 0. The van der Waals surface area contributed by atoms with Gasteiger partial charge in [-0.2, -0.15) is 0 Å². The van der Waals surface area contributed by atoms with E-state index in [1.54, 1.807) is 13.0 Å². The maximum atomic E-state index is 12.3. The van der Waals surface area contributed by atoms with Gasteiger partial charge in [0.25, 0.3) is 0 Å². The predicted octanol–water partition coefficient (Wildman–Crippen LogP) is 2.68. The summed E-state index contributed by atoms with van der Waals surface area (Å²) in [5.74, 6) is -0.295. The Morgan fingerprint density at radius 1 is 1.29 bits per heavy atom. The molecule has 1 aliphatic rings. The molecule has 1 saturated carbocycles. The molecule has 110 valence electrons. The molecule has 0 aromatic heterocycles. The van der Waals surface area contributed by atoms with Crippen molar-refractivity contribution < 1.29 is 14.4 Å². The number of carbonyl (C=O) groups excluding carboxylic acids is 2. The molecule has 0 radical (unpaired) electrons. The number of hydrogen-bond donors (Lipinski definition) is 1. The van der Waals surface area contributed by atoms with E-state index < -0.39 is 0 Å². The van der Waals surface area contributed by atoms with E-state index in [1.807, 2.05) is 30.3 Å². The molecular formula is C17H19NO3. The molecule has 0 spiro atoms. The summed E-state index contributed by atoms with van der Waals surface area (Å²) in [6.07, 6.45) is 2.29. The minimum atomic E-state index is -0.132. The highest BCUT2D eigenvalue weighted by Gasteiger charge is 2.32. The lowest BCUT2D eigenvalue weighted by Gasteiger charge is -2.23. The normalized spacial score (nSPS) is 18.5. The molecule has 0 heterocycles. The molecule has 0 aliphatic heterocycles. The molecule has 1 aliphatic carbocycles. The van der Waals surface area contributed by atoms with E-state index >= 15 is 0 Å². The second kappa shape index (κ2) is 6.99. The Labute approximate surface area is 124 Å². The van der Waals surface area contributed by atoms with Crippen molar-refractivity contribution in [3.8, 4) is 0 Å². The molecule has 2 rings (SSSR count). The number of Topliss-reactive ketones (excluding diaryl/α,β-unsaturated/α-hetero) is 2. The van der Waals surface area contributed by atoms with Gasteiger partial charge >= 0.3 is 0 Å². The molecule has 4 heteroatoms. The summed E-state index contributed by atoms with van der Waals surface area (Å²) in [5, 5.41) is 0. The largest absolute Gasteiger partial charge is 0.294 e. The number of carbonyl (C=O) groups is 2. The Balaban J connectivity index is 2.12. The van der Waals surface area contributed by atoms with Crippen LogP contribution in [-0.2, 0) is 14.4 Å². The maximum absolute atomic E-state index is 12.3. The van der Waals surface area contributed by atoms with Crippen molar-refractivity contribution in [1.29, 1.82) is 0 Å². The second-order valence-corrected chi connectivity index (χ2v) is 5.06. The molecule has 1 fully saturated rings. The first-order valence-electron chi connectivity index (χ1n) is 6.94. The number of ketones is 2. The van der Waals surface area contributed by atoms with E-state index in [0.29, 0.717) is 25.1 Å². The van der Waals surface area contributed by atoms with Gasteiger partial charge in [0.1, 0.15) is 0 Å². The molecule has 1 aromatic rings. The lowest BCUT2D eigenvalue weighted by molar-refractivity contribution is -0.124. The Hall–Kier alpha value is -2.20. The number of allylic oxidation sites excluding steroid dienone is 2. The summed E-state index contributed by atoms with van der Waals surface area (Å²) < 4.78 is 0. The van der Waals surface area contributed by atoms with Gasteiger partial charge in [-0.15, -0.1) is 6.58 Å². The fourth-order valence-corrected chi connectivity index (χ4v) is 2.52. The fourth-order valence-electron chi connectivity index (χ4n) is 2.52. The van der Waals surface area contributed by atoms with Gasteiger partial charge in [0.2, 0.25) is 0 Å². The van der Waals surface area contributed by atoms with Crippen molar-refractivity contribution in [2.24, 2.45) is 0 Å². The SMILES string of the molecule is C=CCONC(C)=C1C(=O)CC(c2ccccc2)CC1=O. The van der Waals surface area contributed by atoms with Crippen molar-refractivity contribution in [1.82, 2.24) is 5.48 Å². The van der Waals surface area contributed by atoms with E-state index in [0.717, 1.165) is 5.56 Å². The van der Waals surface area contributed by atoms with Crippen LogP contribution in [0.15, 0.2) is 54.3 Å². The first kappa shape index (κ1) is 15.2. The van der Waals surface area contributed by atoms with Crippen molar-refractivity contribution in [3.63, 3.8) is 0 Å². The molecule has 1 N–H and O–H groups in total. The standard InChI is InChI=1S/C17H19NO3/c1-3-9-21-18-12(2)17-15(19)10-14(11-16(17)20)13-7-5-4-6-8-13/h3-8,14,18H,1,9-11H2,2H3. The van der Waals surface area contributed by atoms with Crippen LogP contribution in [0.4, 0.5) is 0 Å². The zero-order chi connectivity index (χ0) is 15.2. The van der Waals surface area contributed by atoms with Crippen LogP contribution in [0.2, 0.25) is 0 Å². The van der Waals surface area contributed by atoms with Crippen LogP contribution < -0.4 is 5.48 Å². The first-order valence-corrected chi connectivity index (χ1v) is 6.94. The number of hydrogen-bond acceptors (Lipinski definition) is 4. The number of benzene rings is 1.